The first kappa shape index (κ1) is 17.5. The molecule has 2 aromatic rings. The predicted octanol–water partition coefficient (Wildman–Crippen LogP) is 3.79. The molecular formula is C17H24N4OS2. The van der Waals surface area contributed by atoms with Crippen LogP contribution < -0.4 is 10.2 Å². The van der Waals surface area contributed by atoms with Gasteiger partial charge in [-0.1, -0.05) is 25.6 Å². The molecule has 0 bridgehead atoms. The minimum atomic E-state index is -0.00303. The number of hydrogen-bond donors (Lipinski definition) is 1. The highest BCUT2D eigenvalue weighted by Crippen LogP contribution is 2.34. The van der Waals surface area contributed by atoms with Crippen molar-refractivity contribution in [2.75, 3.05) is 30.8 Å². The zero-order valence-electron chi connectivity index (χ0n) is 14.5. The maximum Gasteiger partial charge on any atom is 0.261 e. The fraction of sp³-hybridized carbons (Fsp3) is 0.588. The Kier molecular flexibility index (Phi) is 5.61. The summed E-state index contributed by atoms with van der Waals surface area (Å²) in [6, 6.07) is 1.96. The van der Waals surface area contributed by atoms with Crippen LogP contribution in [0.5, 0.6) is 0 Å². The van der Waals surface area contributed by atoms with Crippen LogP contribution in [0.1, 0.15) is 42.8 Å². The molecule has 0 saturated carbocycles. The van der Waals surface area contributed by atoms with Crippen molar-refractivity contribution in [1.29, 1.82) is 0 Å². The van der Waals surface area contributed by atoms with Crippen molar-refractivity contribution < 1.29 is 4.79 Å². The average Bonchev–Trinajstić information content (AvgIpc) is 3.22. The van der Waals surface area contributed by atoms with Crippen molar-refractivity contribution in [3.8, 4) is 0 Å². The largest absolute Gasteiger partial charge is 0.356 e. The zero-order valence-corrected chi connectivity index (χ0v) is 16.1. The molecule has 7 heteroatoms. The molecule has 0 aliphatic carbocycles. The number of nitrogens with zero attached hydrogens (tertiary/aromatic N) is 3. The van der Waals surface area contributed by atoms with Gasteiger partial charge in [0, 0.05) is 19.6 Å². The van der Waals surface area contributed by atoms with E-state index in [4.69, 9.17) is 4.98 Å². The summed E-state index contributed by atoms with van der Waals surface area (Å²) in [4.78, 5) is 25.7. The Bertz CT molecular complexity index is 723. The first-order chi connectivity index (χ1) is 11.6. The number of carbonyl (C=O) groups excluding carboxylic acids is 1. The molecule has 0 aromatic carbocycles. The maximum atomic E-state index is 12.4. The van der Waals surface area contributed by atoms with Crippen LogP contribution >= 0.6 is 23.1 Å². The second kappa shape index (κ2) is 7.70. The van der Waals surface area contributed by atoms with Gasteiger partial charge in [0.1, 0.15) is 10.6 Å². The van der Waals surface area contributed by atoms with Crippen molar-refractivity contribution in [1.82, 2.24) is 15.3 Å². The van der Waals surface area contributed by atoms with Crippen LogP contribution in [0.15, 0.2) is 11.2 Å². The highest BCUT2D eigenvalue weighted by Gasteiger charge is 2.21. The van der Waals surface area contributed by atoms with Gasteiger partial charge < -0.3 is 10.2 Å². The lowest BCUT2D eigenvalue weighted by Gasteiger charge is -2.17. The number of anilines is 1. The summed E-state index contributed by atoms with van der Waals surface area (Å²) >= 11 is 3.01. The van der Waals surface area contributed by atoms with Crippen LogP contribution in [0, 0.1) is 5.92 Å². The topological polar surface area (TPSA) is 58.1 Å². The van der Waals surface area contributed by atoms with E-state index in [0.29, 0.717) is 12.5 Å². The fourth-order valence-corrected chi connectivity index (χ4v) is 4.18. The van der Waals surface area contributed by atoms with Crippen molar-refractivity contribution in [2.24, 2.45) is 5.92 Å². The lowest BCUT2D eigenvalue weighted by atomic mass is 10.1. The molecule has 0 atom stereocenters. The molecule has 1 aliphatic heterocycles. The molecule has 5 nitrogen and oxygen atoms in total. The average molecular weight is 365 g/mol. The van der Waals surface area contributed by atoms with Crippen molar-refractivity contribution in [2.45, 2.75) is 38.3 Å². The third-order valence-corrected chi connectivity index (χ3v) is 5.75. The minimum absolute atomic E-state index is 0.00303. The second-order valence-electron chi connectivity index (χ2n) is 6.50. The van der Waals surface area contributed by atoms with Gasteiger partial charge >= 0.3 is 0 Å². The van der Waals surface area contributed by atoms with E-state index in [1.54, 1.807) is 11.8 Å². The molecule has 0 unspecified atom stereocenters. The van der Waals surface area contributed by atoms with E-state index in [2.05, 4.69) is 29.0 Å². The van der Waals surface area contributed by atoms with Gasteiger partial charge in [-0.3, -0.25) is 4.79 Å². The Balaban J connectivity index is 1.88. The zero-order chi connectivity index (χ0) is 17.1. The molecule has 1 N–H and O–H groups in total. The van der Waals surface area contributed by atoms with Crippen molar-refractivity contribution in [3.05, 3.63) is 10.9 Å². The Morgan fingerprint density at radius 1 is 1.38 bits per heavy atom. The van der Waals surface area contributed by atoms with Crippen LogP contribution in [0.2, 0.25) is 0 Å². The van der Waals surface area contributed by atoms with Gasteiger partial charge in [-0.2, -0.15) is 0 Å². The Morgan fingerprint density at radius 2 is 2.12 bits per heavy atom. The van der Waals surface area contributed by atoms with E-state index >= 15 is 0 Å². The van der Waals surface area contributed by atoms with Crippen LogP contribution in [-0.2, 0) is 0 Å². The highest BCUT2D eigenvalue weighted by molar-refractivity contribution is 7.98. The summed E-state index contributed by atoms with van der Waals surface area (Å²) in [6.07, 6.45) is 5.38. The molecule has 1 fully saturated rings. The molecule has 3 rings (SSSR count). The third-order valence-electron chi connectivity index (χ3n) is 4.17. The van der Waals surface area contributed by atoms with Gasteiger partial charge in [0.25, 0.3) is 5.91 Å². The molecule has 24 heavy (non-hydrogen) atoms. The number of rotatable bonds is 6. The molecular weight excluding hydrogens is 340 g/mol. The van der Waals surface area contributed by atoms with Crippen molar-refractivity contribution >= 4 is 45.0 Å². The molecule has 3 heterocycles. The van der Waals surface area contributed by atoms with Crippen LogP contribution in [-0.4, -0.2) is 41.8 Å². The molecule has 1 aliphatic rings. The Hall–Kier alpha value is -1.34. The number of thioether (sulfide) groups is 1. The number of hydrogen-bond acceptors (Lipinski definition) is 6. The summed E-state index contributed by atoms with van der Waals surface area (Å²) in [5.41, 5.74) is 0. The van der Waals surface area contributed by atoms with Gasteiger partial charge in [-0.05, 0) is 37.5 Å². The first-order valence-electron chi connectivity index (χ1n) is 8.47. The minimum Gasteiger partial charge on any atom is -0.356 e. The normalized spacial score (nSPS) is 14.8. The number of carbonyl (C=O) groups is 1. The van der Waals surface area contributed by atoms with Gasteiger partial charge in [-0.25, -0.2) is 9.97 Å². The van der Waals surface area contributed by atoms with E-state index in [-0.39, 0.29) is 5.91 Å². The standard InChI is InChI=1S/C17H24N4OS2/c1-11(2)6-7-18-15(22)13-10-12-14(21-8-4-5-9-21)19-17(23-3)20-16(12)24-13/h10-11H,4-9H2,1-3H3,(H,18,22). The smallest absolute Gasteiger partial charge is 0.261 e. The fourth-order valence-electron chi connectivity index (χ4n) is 2.82. The number of fused-ring (bicyclic) bond motifs is 1. The second-order valence-corrected chi connectivity index (χ2v) is 8.30. The summed E-state index contributed by atoms with van der Waals surface area (Å²) in [5, 5.41) is 4.80. The van der Waals surface area contributed by atoms with E-state index in [0.717, 1.165) is 45.6 Å². The van der Waals surface area contributed by atoms with Gasteiger partial charge in [-0.15, -0.1) is 11.3 Å². The van der Waals surface area contributed by atoms with E-state index in [1.807, 2.05) is 12.3 Å². The lowest BCUT2D eigenvalue weighted by molar-refractivity contribution is 0.0956. The summed E-state index contributed by atoms with van der Waals surface area (Å²) in [5.74, 6) is 1.57. The van der Waals surface area contributed by atoms with Gasteiger partial charge in [0.15, 0.2) is 5.16 Å². The van der Waals surface area contributed by atoms with E-state index in [1.165, 1.54) is 24.2 Å². The molecule has 0 radical (unpaired) electrons. The Morgan fingerprint density at radius 3 is 2.79 bits per heavy atom. The SMILES string of the molecule is CSc1nc(N2CCCC2)c2cc(C(=O)NCCC(C)C)sc2n1. The molecule has 2 aromatic heterocycles. The summed E-state index contributed by atoms with van der Waals surface area (Å²) in [6.45, 7) is 7.10. The molecule has 130 valence electrons. The maximum absolute atomic E-state index is 12.4. The number of amides is 1. The van der Waals surface area contributed by atoms with Crippen LogP contribution in [0.3, 0.4) is 0 Å². The Labute approximate surface area is 151 Å². The van der Waals surface area contributed by atoms with Gasteiger partial charge in [0.05, 0.1) is 10.3 Å². The van der Waals surface area contributed by atoms with E-state index < -0.39 is 0 Å². The lowest BCUT2D eigenvalue weighted by Crippen LogP contribution is -2.24. The highest BCUT2D eigenvalue weighted by atomic mass is 32.2. The number of aromatic nitrogens is 2. The predicted molar refractivity (Wildman–Crippen MR) is 102 cm³/mol. The number of nitrogens with one attached hydrogen (secondary N) is 1. The van der Waals surface area contributed by atoms with E-state index in [9.17, 15) is 4.79 Å². The summed E-state index contributed by atoms with van der Waals surface area (Å²) < 4.78 is 0. The summed E-state index contributed by atoms with van der Waals surface area (Å²) in [7, 11) is 0. The van der Waals surface area contributed by atoms with Crippen LogP contribution in [0.25, 0.3) is 10.2 Å². The monoisotopic (exact) mass is 364 g/mol. The first-order valence-corrected chi connectivity index (χ1v) is 10.5. The molecule has 0 spiro atoms. The number of thiophene rings is 1. The quantitative estimate of drug-likeness (QED) is 0.624. The van der Waals surface area contributed by atoms with Crippen molar-refractivity contribution in [3.63, 3.8) is 0 Å². The van der Waals surface area contributed by atoms with Gasteiger partial charge in [0.2, 0.25) is 0 Å². The molecule has 1 amide bonds. The third kappa shape index (κ3) is 3.83. The van der Waals surface area contributed by atoms with Crippen LogP contribution in [0.4, 0.5) is 5.82 Å². The molecule has 1 saturated heterocycles.